The van der Waals surface area contributed by atoms with Gasteiger partial charge in [0.2, 0.25) is 5.91 Å². The van der Waals surface area contributed by atoms with Crippen molar-refractivity contribution in [2.45, 2.75) is 38.8 Å². The summed E-state index contributed by atoms with van der Waals surface area (Å²) in [6.07, 6.45) is 1.23. The average Bonchev–Trinajstić information content (AvgIpc) is 2.70. The lowest BCUT2D eigenvalue weighted by atomic mass is 9.79. The SMILES string of the molecule is CC1(C)CN(C(=O)C(Cc2ccccc2)NC(=O)c2ccccc2)CCC1N. The highest BCUT2D eigenvalue weighted by atomic mass is 16.2. The maximum atomic E-state index is 13.3. The van der Waals surface area contributed by atoms with Gasteiger partial charge < -0.3 is 16.0 Å². The molecule has 2 atom stereocenters. The maximum Gasteiger partial charge on any atom is 0.251 e. The van der Waals surface area contributed by atoms with Gasteiger partial charge in [0, 0.05) is 31.1 Å². The second kappa shape index (κ2) is 8.57. The molecule has 1 heterocycles. The molecule has 5 nitrogen and oxygen atoms in total. The van der Waals surface area contributed by atoms with Gasteiger partial charge in [0.15, 0.2) is 0 Å². The minimum absolute atomic E-state index is 0.0480. The zero-order valence-electron chi connectivity index (χ0n) is 16.6. The van der Waals surface area contributed by atoms with Crippen LogP contribution in [0.1, 0.15) is 36.2 Å². The number of hydrogen-bond acceptors (Lipinski definition) is 3. The molecule has 0 radical (unpaired) electrons. The number of nitrogens with two attached hydrogens (primary N) is 1. The summed E-state index contributed by atoms with van der Waals surface area (Å²) in [7, 11) is 0. The zero-order valence-corrected chi connectivity index (χ0v) is 16.6. The highest BCUT2D eigenvalue weighted by Gasteiger charge is 2.37. The van der Waals surface area contributed by atoms with Crippen LogP contribution < -0.4 is 11.1 Å². The fourth-order valence-corrected chi connectivity index (χ4v) is 3.66. The molecule has 1 saturated heterocycles. The molecule has 1 aliphatic heterocycles. The number of carbonyl (C=O) groups excluding carboxylic acids is 2. The van der Waals surface area contributed by atoms with E-state index in [0.717, 1.165) is 12.0 Å². The summed E-state index contributed by atoms with van der Waals surface area (Å²) in [5.41, 5.74) is 7.65. The van der Waals surface area contributed by atoms with Crippen molar-refractivity contribution < 1.29 is 9.59 Å². The average molecular weight is 380 g/mol. The predicted octanol–water partition coefficient (Wildman–Crippen LogP) is 2.61. The summed E-state index contributed by atoms with van der Waals surface area (Å²) in [5.74, 6) is -0.282. The van der Waals surface area contributed by atoms with Gasteiger partial charge in [-0.2, -0.15) is 0 Å². The van der Waals surface area contributed by atoms with E-state index in [1.165, 1.54) is 0 Å². The van der Waals surface area contributed by atoms with Crippen molar-refractivity contribution in [1.29, 1.82) is 0 Å². The van der Waals surface area contributed by atoms with Gasteiger partial charge in [0.05, 0.1) is 0 Å². The lowest BCUT2D eigenvalue weighted by Crippen LogP contribution is -2.58. The molecule has 2 amide bonds. The van der Waals surface area contributed by atoms with Crippen LogP contribution in [0.2, 0.25) is 0 Å². The first kappa shape index (κ1) is 20.1. The van der Waals surface area contributed by atoms with Crippen LogP contribution in [-0.2, 0) is 11.2 Å². The second-order valence-electron chi connectivity index (χ2n) is 8.23. The molecule has 5 heteroatoms. The van der Waals surface area contributed by atoms with Crippen molar-refractivity contribution in [3.8, 4) is 0 Å². The van der Waals surface area contributed by atoms with Crippen LogP contribution in [0, 0.1) is 5.41 Å². The van der Waals surface area contributed by atoms with Crippen LogP contribution in [0.3, 0.4) is 0 Å². The Bertz CT molecular complexity index is 805. The fourth-order valence-electron chi connectivity index (χ4n) is 3.66. The molecule has 1 fully saturated rings. The van der Waals surface area contributed by atoms with Crippen molar-refractivity contribution >= 4 is 11.8 Å². The van der Waals surface area contributed by atoms with E-state index in [1.54, 1.807) is 12.1 Å². The first-order valence-electron chi connectivity index (χ1n) is 9.81. The smallest absolute Gasteiger partial charge is 0.251 e. The first-order chi connectivity index (χ1) is 13.4. The van der Waals surface area contributed by atoms with E-state index in [0.29, 0.717) is 25.1 Å². The largest absolute Gasteiger partial charge is 0.340 e. The van der Waals surface area contributed by atoms with E-state index in [4.69, 9.17) is 5.73 Å². The molecular weight excluding hydrogens is 350 g/mol. The van der Waals surface area contributed by atoms with Crippen LogP contribution in [-0.4, -0.2) is 41.9 Å². The van der Waals surface area contributed by atoms with Crippen molar-refractivity contribution in [2.75, 3.05) is 13.1 Å². The van der Waals surface area contributed by atoms with Gasteiger partial charge in [-0.25, -0.2) is 0 Å². The van der Waals surface area contributed by atoms with Gasteiger partial charge in [-0.1, -0.05) is 62.4 Å². The number of nitrogens with zero attached hydrogens (tertiary/aromatic N) is 1. The van der Waals surface area contributed by atoms with Crippen molar-refractivity contribution in [3.05, 3.63) is 71.8 Å². The Morgan fingerprint density at radius 2 is 1.71 bits per heavy atom. The summed E-state index contributed by atoms with van der Waals surface area (Å²) < 4.78 is 0. The molecule has 3 rings (SSSR count). The van der Waals surface area contributed by atoms with Crippen LogP contribution in [0.5, 0.6) is 0 Å². The second-order valence-corrected chi connectivity index (χ2v) is 8.23. The van der Waals surface area contributed by atoms with Gasteiger partial charge in [-0.3, -0.25) is 9.59 Å². The third kappa shape index (κ3) is 4.78. The molecule has 2 aromatic carbocycles. The lowest BCUT2D eigenvalue weighted by molar-refractivity contribution is -0.136. The van der Waals surface area contributed by atoms with Crippen LogP contribution >= 0.6 is 0 Å². The molecule has 0 saturated carbocycles. The highest BCUT2D eigenvalue weighted by Crippen LogP contribution is 2.28. The number of hydrogen-bond donors (Lipinski definition) is 2. The quantitative estimate of drug-likeness (QED) is 0.838. The van der Waals surface area contributed by atoms with Crippen molar-refractivity contribution in [1.82, 2.24) is 10.2 Å². The number of piperidine rings is 1. The Balaban J connectivity index is 1.79. The molecule has 2 aromatic rings. The Morgan fingerprint density at radius 1 is 1.11 bits per heavy atom. The Morgan fingerprint density at radius 3 is 2.32 bits per heavy atom. The van der Waals surface area contributed by atoms with E-state index in [2.05, 4.69) is 19.2 Å². The van der Waals surface area contributed by atoms with Crippen LogP contribution in [0.25, 0.3) is 0 Å². The third-order valence-electron chi connectivity index (χ3n) is 5.55. The molecule has 148 valence electrons. The van der Waals surface area contributed by atoms with Gasteiger partial charge in [-0.05, 0) is 29.5 Å². The topological polar surface area (TPSA) is 75.4 Å². The molecule has 0 spiro atoms. The van der Waals surface area contributed by atoms with Crippen molar-refractivity contribution in [2.24, 2.45) is 11.1 Å². The summed E-state index contributed by atoms with van der Waals surface area (Å²) >= 11 is 0. The van der Waals surface area contributed by atoms with Gasteiger partial charge in [0.25, 0.3) is 5.91 Å². The Hall–Kier alpha value is -2.66. The van der Waals surface area contributed by atoms with Gasteiger partial charge in [0.1, 0.15) is 6.04 Å². The van der Waals surface area contributed by atoms with E-state index < -0.39 is 6.04 Å². The van der Waals surface area contributed by atoms with Gasteiger partial charge >= 0.3 is 0 Å². The minimum atomic E-state index is -0.611. The van der Waals surface area contributed by atoms with E-state index in [1.807, 2.05) is 53.4 Å². The minimum Gasteiger partial charge on any atom is -0.340 e. The molecule has 1 aliphatic rings. The number of benzene rings is 2. The predicted molar refractivity (Wildman–Crippen MR) is 111 cm³/mol. The zero-order chi connectivity index (χ0) is 20.1. The molecular formula is C23H29N3O2. The fraction of sp³-hybridized carbons (Fsp3) is 0.391. The number of nitrogens with one attached hydrogen (secondary N) is 1. The molecule has 0 aromatic heterocycles. The standard InChI is InChI=1S/C23H29N3O2/c1-23(2)16-26(14-13-20(23)24)22(28)19(15-17-9-5-3-6-10-17)25-21(27)18-11-7-4-8-12-18/h3-12,19-20H,13-16,24H2,1-2H3,(H,25,27). The van der Waals surface area contributed by atoms with E-state index in [-0.39, 0.29) is 23.3 Å². The summed E-state index contributed by atoms with van der Waals surface area (Å²) in [5, 5.41) is 2.96. The highest BCUT2D eigenvalue weighted by molar-refractivity contribution is 5.97. The molecule has 0 aliphatic carbocycles. The van der Waals surface area contributed by atoms with Crippen LogP contribution in [0.15, 0.2) is 60.7 Å². The number of likely N-dealkylation sites (tertiary alicyclic amines) is 1. The molecule has 0 bridgehead atoms. The molecule has 28 heavy (non-hydrogen) atoms. The van der Waals surface area contributed by atoms with E-state index >= 15 is 0 Å². The van der Waals surface area contributed by atoms with Crippen molar-refractivity contribution in [3.63, 3.8) is 0 Å². The summed E-state index contributed by atoms with van der Waals surface area (Å²) in [6, 6.07) is 18.2. The lowest BCUT2D eigenvalue weighted by Gasteiger charge is -2.43. The van der Waals surface area contributed by atoms with Gasteiger partial charge in [-0.15, -0.1) is 0 Å². The number of amides is 2. The summed E-state index contributed by atoms with van der Waals surface area (Å²) in [6.45, 7) is 5.40. The molecule has 2 unspecified atom stereocenters. The summed E-state index contributed by atoms with van der Waals surface area (Å²) in [4.78, 5) is 27.9. The van der Waals surface area contributed by atoms with Crippen LogP contribution in [0.4, 0.5) is 0 Å². The van der Waals surface area contributed by atoms with E-state index in [9.17, 15) is 9.59 Å². The Kier molecular flexibility index (Phi) is 6.15. The monoisotopic (exact) mass is 379 g/mol. The number of carbonyl (C=O) groups is 2. The maximum absolute atomic E-state index is 13.3. The molecule has 3 N–H and O–H groups in total. The third-order valence-corrected chi connectivity index (χ3v) is 5.55. The first-order valence-corrected chi connectivity index (χ1v) is 9.81. The Labute approximate surface area is 166 Å². The number of rotatable bonds is 5. The normalized spacial score (nSPS) is 19.7.